The fraction of sp³-hybridized carbons (Fsp3) is 0.556. The fourth-order valence-electron chi connectivity index (χ4n) is 1.59. The van der Waals surface area contributed by atoms with Gasteiger partial charge in [0.1, 0.15) is 0 Å². The summed E-state index contributed by atoms with van der Waals surface area (Å²) in [5, 5.41) is 1.08. The lowest BCUT2D eigenvalue weighted by Gasteiger charge is -2.14. The molecule has 13 heavy (non-hydrogen) atoms. The van der Waals surface area contributed by atoms with Crippen LogP contribution in [-0.2, 0) is 0 Å². The maximum atomic E-state index is 4.23. The Labute approximate surface area is 86.3 Å². The van der Waals surface area contributed by atoms with Crippen LogP contribution in [0.15, 0.2) is 18.5 Å². The zero-order valence-corrected chi connectivity index (χ0v) is 8.94. The molecule has 0 bridgehead atoms. The smallest absolute Gasteiger partial charge is 0.225 e. The van der Waals surface area contributed by atoms with Gasteiger partial charge in [0, 0.05) is 30.8 Å². The summed E-state index contributed by atoms with van der Waals surface area (Å²) in [7, 11) is 0. The van der Waals surface area contributed by atoms with Gasteiger partial charge in [-0.15, -0.1) is 0 Å². The zero-order valence-electron chi connectivity index (χ0n) is 7.36. The molecule has 4 heteroatoms. The van der Waals surface area contributed by atoms with Crippen molar-refractivity contribution in [1.29, 1.82) is 0 Å². The van der Waals surface area contributed by atoms with Gasteiger partial charge in [-0.2, -0.15) is 0 Å². The van der Waals surface area contributed by atoms with Crippen molar-refractivity contribution in [1.82, 2.24) is 9.97 Å². The maximum Gasteiger partial charge on any atom is 0.225 e. The van der Waals surface area contributed by atoms with Gasteiger partial charge in [0.25, 0.3) is 0 Å². The van der Waals surface area contributed by atoms with Crippen LogP contribution in [0, 0.1) is 5.92 Å². The fourth-order valence-corrected chi connectivity index (χ4v) is 2.12. The maximum absolute atomic E-state index is 4.23. The Kier molecular flexibility index (Phi) is 2.78. The largest absolute Gasteiger partial charge is 0.341 e. The lowest BCUT2D eigenvalue weighted by molar-refractivity contribution is 0.674. The Morgan fingerprint density at radius 1 is 1.46 bits per heavy atom. The summed E-state index contributed by atoms with van der Waals surface area (Å²) < 4.78 is 0. The molecule has 0 amide bonds. The van der Waals surface area contributed by atoms with E-state index in [0.29, 0.717) is 0 Å². The highest BCUT2D eigenvalue weighted by molar-refractivity contribution is 9.09. The summed E-state index contributed by atoms with van der Waals surface area (Å²) in [4.78, 5) is 10.7. The van der Waals surface area contributed by atoms with Gasteiger partial charge < -0.3 is 4.90 Å². The Morgan fingerprint density at radius 2 is 2.23 bits per heavy atom. The van der Waals surface area contributed by atoms with E-state index >= 15 is 0 Å². The second-order valence-electron chi connectivity index (χ2n) is 3.30. The van der Waals surface area contributed by atoms with Gasteiger partial charge in [-0.25, -0.2) is 9.97 Å². The lowest BCUT2D eigenvalue weighted by atomic mass is 10.2. The zero-order chi connectivity index (χ0) is 9.10. The molecule has 1 saturated heterocycles. The van der Waals surface area contributed by atoms with Crippen molar-refractivity contribution in [3.63, 3.8) is 0 Å². The predicted octanol–water partition coefficient (Wildman–Crippen LogP) is 1.70. The SMILES string of the molecule is BrCC1CCN(c2ncccn2)C1. The molecule has 1 aromatic heterocycles. The second-order valence-corrected chi connectivity index (χ2v) is 3.95. The first-order valence-electron chi connectivity index (χ1n) is 4.48. The van der Waals surface area contributed by atoms with Crippen LogP contribution in [0.4, 0.5) is 5.95 Å². The Morgan fingerprint density at radius 3 is 2.85 bits per heavy atom. The van der Waals surface area contributed by atoms with Crippen molar-refractivity contribution < 1.29 is 0 Å². The molecule has 1 fully saturated rings. The standard InChI is InChI=1S/C9H12BrN3/c10-6-8-2-5-13(7-8)9-11-3-1-4-12-9/h1,3-4,8H,2,5-7H2. The normalized spacial score (nSPS) is 22.2. The molecule has 0 N–H and O–H groups in total. The van der Waals surface area contributed by atoms with Crippen LogP contribution in [0.1, 0.15) is 6.42 Å². The Bertz CT molecular complexity index is 265. The molecule has 0 aliphatic carbocycles. The van der Waals surface area contributed by atoms with E-state index in [9.17, 15) is 0 Å². The van der Waals surface area contributed by atoms with Gasteiger partial charge in [-0.05, 0) is 18.4 Å². The van der Waals surface area contributed by atoms with Crippen molar-refractivity contribution in [2.75, 3.05) is 23.3 Å². The van der Waals surface area contributed by atoms with Crippen molar-refractivity contribution in [3.05, 3.63) is 18.5 Å². The molecule has 1 aliphatic rings. The second kappa shape index (κ2) is 4.05. The van der Waals surface area contributed by atoms with E-state index < -0.39 is 0 Å². The highest BCUT2D eigenvalue weighted by Gasteiger charge is 2.22. The van der Waals surface area contributed by atoms with Gasteiger partial charge >= 0.3 is 0 Å². The topological polar surface area (TPSA) is 29.0 Å². The highest BCUT2D eigenvalue weighted by atomic mass is 79.9. The first kappa shape index (κ1) is 8.94. The van der Waals surface area contributed by atoms with Gasteiger partial charge in [0.2, 0.25) is 5.95 Å². The van der Waals surface area contributed by atoms with Crippen LogP contribution in [0.5, 0.6) is 0 Å². The van der Waals surface area contributed by atoms with Gasteiger partial charge in [0.15, 0.2) is 0 Å². The van der Waals surface area contributed by atoms with Crippen molar-refractivity contribution in [3.8, 4) is 0 Å². The minimum atomic E-state index is 0.754. The number of anilines is 1. The average molecular weight is 242 g/mol. The van der Waals surface area contributed by atoms with Crippen LogP contribution in [0.2, 0.25) is 0 Å². The first-order valence-corrected chi connectivity index (χ1v) is 5.60. The summed E-state index contributed by atoms with van der Waals surface area (Å²) in [6, 6.07) is 1.85. The number of halogens is 1. The molecule has 0 spiro atoms. The van der Waals surface area contributed by atoms with Crippen molar-refractivity contribution >= 4 is 21.9 Å². The number of hydrogen-bond acceptors (Lipinski definition) is 3. The lowest BCUT2D eigenvalue weighted by Crippen LogP contribution is -2.22. The molecule has 0 radical (unpaired) electrons. The van der Waals surface area contributed by atoms with Crippen LogP contribution < -0.4 is 4.90 Å². The predicted molar refractivity (Wildman–Crippen MR) is 56.1 cm³/mol. The van der Waals surface area contributed by atoms with Crippen molar-refractivity contribution in [2.45, 2.75) is 6.42 Å². The summed E-state index contributed by atoms with van der Waals surface area (Å²) in [6.45, 7) is 2.16. The van der Waals surface area contributed by atoms with Crippen LogP contribution in [0.3, 0.4) is 0 Å². The summed E-state index contributed by atoms with van der Waals surface area (Å²) in [5.74, 6) is 1.62. The van der Waals surface area contributed by atoms with E-state index in [1.54, 1.807) is 12.4 Å². The molecule has 0 aromatic carbocycles. The number of alkyl halides is 1. The third-order valence-electron chi connectivity index (χ3n) is 2.34. The Hall–Kier alpha value is -0.640. The highest BCUT2D eigenvalue weighted by Crippen LogP contribution is 2.21. The number of nitrogens with zero attached hydrogens (tertiary/aromatic N) is 3. The quantitative estimate of drug-likeness (QED) is 0.739. The number of aromatic nitrogens is 2. The minimum absolute atomic E-state index is 0.754. The molecule has 1 aliphatic heterocycles. The molecular weight excluding hydrogens is 230 g/mol. The molecule has 2 heterocycles. The van der Waals surface area contributed by atoms with E-state index in [0.717, 1.165) is 30.3 Å². The van der Waals surface area contributed by atoms with E-state index in [2.05, 4.69) is 30.8 Å². The molecule has 0 saturated carbocycles. The number of hydrogen-bond donors (Lipinski definition) is 0. The third kappa shape index (κ3) is 1.99. The van der Waals surface area contributed by atoms with E-state index in [4.69, 9.17) is 0 Å². The van der Waals surface area contributed by atoms with Crippen LogP contribution >= 0.6 is 15.9 Å². The molecule has 1 atom stereocenters. The molecule has 1 aromatic rings. The van der Waals surface area contributed by atoms with E-state index in [-0.39, 0.29) is 0 Å². The number of rotatable bonds is 2. The van der Waals surface area contributed by atoms with E-state index in [1.807, 2.05) is 6.07 Å². The first-order chi connectivity index (χ1) is 6.40. The molecule has 1 unspecified atom stereocenters. The average Bonchev–Trinajstić information content (AvgIpc) is 2.67. The summed E-state index contributed by atoms with van der Waals surface area (Å²) in [5.41, 5.74) is 0. The van der Waals surface area contributed by atoms with Gasteiger partial charge in [-0.3, -0.25) is 0 Å². The van der Waals surface area contributed by atoms with Gasteiger partial charge in [0.05, 0.1) is 0 Å². The monoisotopic (exact) mass is 241 g/mol. The van der Waals surface area contributed by atoms with Crippen LogP contribution in [-0.4, -0.2) is 28.4 Å². The van der Waals surface area contributed by atoms with Crippen LogP contribution in [0.25, 0.3) is 0 Å². The van der Waals surface area contributed by atoms with Crippen molar-refractivity contribution in [2.24, 2.45) is 5.92 Å². The third-order valence-corrected chi connectivity index (χ3v) is 3.25. The molecule has 70 valence electrons. The summed E-state index contributed by atoms with van der Waals surface area (Å²) >= 11 is 3.51. The Balaban J connectivity index is 2.04. The minimum Gasteiger partial charge on any atom is -0.341 e. The molecule has 2 rings (SSSR count). The van der Waals surface area contributed by atoms with Gasteiger partial charge in [-0.1, -0.05) is 15.9 Å². The van der Waals surface area contributed by atoms with E-state index in [1.165, 1.54) is 6.42 Å². The molecular formula is C9H12BrN3. The molecule has 3 nitrogen and oxygen atoms in total. The summed E-state index contributed by atoms with van der Waals surface area (Å²) in [6.07, 6.45) is 4.83.